The Morgan fingerprint density at radius 2 is 1.14 bits per heavy atom. The summed E-state index contributed by atoms with van der Waals surface area (Å²) in [7, 11) is 0. The summed E-state index contributed by atoms with van der Waals surface area (Å²) in [4.78, 5) is 7.92. The lowest BCUT2D eigenvalue weighted by Crippen LogP contribution is -3.00. The van der Waals surface area contributed by atoms with Crippen molar-refractivity contribution in [2.24, 2.45) is 10.8 Å². The lowest BCUT2D eigenvalue weighted by atomic mass is 10.1. The molecule has 0 saturated carbocycles. The molecule has 4 bridgehead atoms. The summed E-state index contributed by atoms with van der Waals surface area (Å²) in [5.74, 6) is 0. The summed E-state index contributed by atoms with van der Waals surface area (Å²) in [6, 6.07) is 0. The predicted molar refractivity (Wildman–Crippen MR) is 105 cm³/mol. The van der Waals surface area contributed by atoms with Gasteiger partial charge in [-0.3, -0.25) is 9.80 Å². The number of fused-ring (bicyclic) bond motifs is 6. The summed E-state index contributed by atoms with van der Waals surface area (Å²) in [6.07, 6.45) is 2.25. The average molecular weight is 437 g/mol. The quantitative estimate of drug-likeness (QED) is 0.142. The molecule has 0 amide bonds. The van der Waals surface area contributed by atoms with E-state index in [0.717, 1.165) is 13.0 Å². The Labute approximate surface area is 182 Å². The second-order valence-corrected chi connectivity index (χ2v) is 8.61. The van der Waals surface area contributed by atoms with Crippen LogP contribution in [0.5, 0.6) is 0 Å². The van der Waals surface area contributed by atoms with Crippen molar-refractivity contribution < 1.29 is 33.8 Å². The average Bonchev–Trinajstić information content (AvgIpc) is 2.73. The first kappa shape index (κ1) is 25.7. The summed E-state index contributed by atoms with van der Waals surface area (Å²) < 4.78 is 2.64. The lowest BCUT2D eigenvalue weighted by Gasteiger charge is -2.50. The van der Waals surface area contributed by atoms with Crippen molar-refractivity contribution >= 4 is 0 Å². The van der Waals surface area contributed by atoms with Crippen LogP contribution in [-0.4, -0.2) is 123 Å². The monoisotopic (exact) mass is 436 g/mol. The van der Waals surface area contributed by atoms with Gasteiger partial charge in [0.05, 0.1) is 52.4 Å². The minimum atomic E-state index is 0. The van der Waals surface area contributed by atoms with Gasteiger partial charge in [-0.15, -0.1) is 0 Å². The van der Waals surface area contributed by atoms with Gasteiger partial charge < -0.3 is 39.5 Å². The molecule has 28 heavy (non-hydrogen) atoms. The predicted octanol–water partition coefficient (Wildman–Crippen LogP) is -5.68. The van der Waals surface area contributed by atoms with Crippen LogP contribution in [0, 0.1) is 0 Å². The summed E-state index contributed by atoms with van der Waals surface area (Å²) >= 11 is 0. The van der Waals surface area contributed by atoms with Crippen LogP contribution in [0.1, 0.15) is 12.8 Å². The van der Waals surface area contributed by atoms with E-state index in [9.17, 15) is 0 Å². The van der Waals surface area contributed by atoms with Crippen LogP contribution in [0.2, 0.25) is 0 Å². The third kappa shape index (κ3) is 6.89. The highest BCUT2D eigenvalue weighted by Crippen LogP contribution is 2.20. The molecule has 6 aliphatic heterocycles. The highest BCUT2D eigenvalue weighted by atomic mass is 35.5. The summed E-state index contributed by atoms with van der Waals surface area (Å²) in [5.41, 5.74) is 13.7. The third-order valence-electron chi connectivity index (χ3n) is 7.13. The van der Waals surface area contributed by atoms with E-state index in [0.29, 0.717) is 6.54 Å². The fraction of sp³-hybridized carbons (Fsp3) is 1.00. The number of quaternary nitrogens is 2. The number of rotatable bonds is 7. The standard InChI is InChI=1S/C9H18N5.C9H20N3.2ClH/c10-12-11-2-1-6-14-7-3-13(4-8-14)5-9-14;10-2-1-6-12-7-3-11(4-8-12)5-9-12;;/h1-9H2;1-10H2;2*1H/q2*+1;;/p-2. The summed E-state index contributed by atoms with van der Waals surface area (Å²) in [6.45, 7) is 19.9. The number of hydrogen-bond donors (Lipinski definition) is 1. The van der Waals surface area contributed by atoms with Crippen molar-refractivity contribution in [3.63, 3.8) is 0 Å². The van der Waals surface area contributed by atoms with Gasteiger partial charge in [0, 0.05) is 63.6 Å². The van der Waals surface area contributed by atoms with Crippen LogP contribution in [0.15, 0.2) is 5.11 Å². The van der Waals surface area contributed by atoms with Crippen LogP contribution in [0.4, 0.5) is 0 Å². The molecule has 6 aliphatic rings. The zero-order valence-electron chi connectivity index (χ0n) is 17.2. The molecular formula is C18H38Cl2N8. The van der Waals surface area contributed by atoms with Crippen LogP contribution >= 0.6 is 0 Å². The van der Waals surface area contributed by atoms with Crippen LogP contribution < -0.4 is 30.5 Å². The van der Waals surface area contributed by atoms with Crippen LogP contribution in [0.25, 0.3) is 10.4 Å². The number of piperazine rings is 6. The molecule has 0 aromatic rings. The Morgan fingerprint density at radius 1 is 0.750 bits per heavy atom. The van der Waals surface area contributed by atoms with Crippen molar-refractivity contribution in [2.75, 3.05) is 105 Å². The van der Waals surface area contributed by atoms with Gasteiger partial charge in [-0.2, -0.15) is 0 Å². The topological polar surface area (TPSA) is 81.3 Å². The highest BCUT2D eigenvalue weighted by Gasteiger charge is 2.38. The zero-order chi connectivity index (χ0) is 18.3. The maximum Gasteiger partial charge on any atom is 0.0916 e. The maximum absolute atomic E-state index is 8.18. The van der Waals surface area contributed by atoms with Crippen molar-refractivity contribution in [2.45, 2.75) is 12.8 Å². The maximum atomic E-state index is 8.18. The molecule has 10 heteroatoms. The van der Waals surface area contributed by atoms with Gasteiger partial charge in [-0.1, -0.05) is 5.11 Å². The SMILES string of the molecule is NCCC[N+]12CCN(CC1)CC2.[Cl-].[Cl-].[N-]=[N+]=NCCC[N+]12CCN(CC1)CC2. The van der Waals surface area contributed by atoms with Crippen LogP contribution in [-0.2, 0) is 0 Å². The van der Waals surface area contributed by atoms with Crippen LogP contribution in [0.3, 0.4) is 0 Å². The van der Waals surface area contributed by atoms with Crippen molar-refractivity contribution in [3.8, 4) is 0 Å². The largest absolute Gasteiger partial charge is 1.00 e. The molecular weight excluding hydrogens is 399 g/mol. The van der Waals surface area contributed by atoms with E-state index in [1.807, 2.05) is 0 Å². The van der Waals surface area contributed by atoms with E-state index in [4.69, 9.17) is 11.3 Å². The van der Waals surface area contributed by atoms with Gasteiger partial charge in [0.1, 0.15) is 0 Å². The fourth-order valence-electron chi connectivity index (χ4n) is 5.08. The Balaban J connectivity index is 0.000000264. The van der Waals surface area contributed by atoms with Gasteiger partial charge in [-0.05, 0) is 12.1 Å². The number of nitrogens with two attached hydrogens (primary N) is 1. The van der Waals surface area contributed by atoms with E-state index in [2.05, 4.69) is 19.8 Å². The number of nitrogens with zero attached hydrogens (tertiary/aromatic N) is 7. The number of hydrogen-bond acceptors (Lipinski definition) is 4. The second kappa shape index (κ2) is 12.4. The van der Waals surface area contributed by atoms with Gasteiger partial charge in [-0.25, -0.2) is 0 Å². The zero-order valence-corrected chi connectivity index (χ0v) is 18.7. The molecule has 6 heterocycles. The van der Waals surface area contributed by atoms with Crippen molar-refractivity contribution in [1.29, 1.82) is 0 Å². The molecule has 0 radical (unpaired) electrons. The molecule has 0 spiro atoms. The first-order chi connectivity index (χ1) is 12.7. The normalized spacial score (nSPS) is 34.9. The molecule has 2 N–H and O–H groups in total. The molecule has 6 rings (SSSR count). The summed E-state index contributed by atoms with van der Waals surface area (Å²) in [5, 5.41) is 3.59. The first-order valence-electron chi connectivity index (χ1n) is 10.6. The smallest absolute Gasteiger partial charge is 0.0916 e. The van der Waals surface area contributed by atoms with E-state index in [1.165, 1.54) is 107 Å². The fourth-order valence-corrected chi connectivity index (χ4v) is 5.08. The molecule has 0 aliphatic carbocycles. The minimum Gasteiger partial charge on any atom is -1.00 e. The third-order valence-corrected chi connectivity index (χ3v) is 7.13. The molecule has 8 nitrogen and oxygen atoms in total. The Hall–Kier alpha value is -0.310. The van der Waals surface area contributed by atoms with E-state index in [1.54, 1.807) is 0 Å². The van der Waals surface area contributed by atoms with Gasteiger partial charge in [0.25, 0.3) is 0 Å². The number of azide groups is 1. The van der Waals surface area contributed by atoms with Crippen molar-refractivity contribution in [1.82, 2.24) is 9.80 Å². The Morgan fingerprint density at radius 3 is 1.50 bits per heavy atom. The molecule has 6 fully saturated rings. The Bertz CT molecular complexity index is 456. The molecule has 0 aromatic heterocycles. The highest BCUT2D eigenvalue weighted by molar-refractivity contribution is 4.71. The minimum absolute atomic E-state index is 0. The van der Waals surface area contributed by atoms with Gasteiger partial charge in [0.15, 0.2) is 0 Å². The van der Waals surface area contributed by atoms with Crippen molar-refractivity contribution in [3.05, 3.63) is 10.4 Å². The molecule has 0 aromatic carbocycles. The molecule has 0 atom stereocenters. The molecule has 0 unspecified atom stereocenters. The Kier molecular flexibility index (Phi) is 11.4. The second-order valence-electron chi connectivity index (χ2n) is 8.61. The van der Waals surface area contributed by atoms with Gasteiger partial charge >= 0.3 is 0 Å². The van der Waals surface area contributed by atoms with E-state index < -0.39 is 0 Å². The lowest BCUT2D eigenvalue weighted by molar-refractivity contribution is -0.941. The van der Waals surface area contributed by atoms with E-state index in [-0.39, 0.29) is 24.8 Å². The van der Waals surface area contributed by atoms with E-state index >= 15 is 0 Å². The van der Waals surface area contributed by atoms with Gasteiger partial charge in [0.2, 0.25) is 0 Å². The first-order valence-corrected chi connectivity index (χ1v) is 10.6. The molecule has 164 valence electrons. The molecule has 6 saturated heterocycles. The number of halogens is 2.